The number of rotatable bonds is 4. The molecule has 0 amide bonds. The van der Waals surface area contributed by atoms with E-state index in [0.717, 1.165) is 35.9 Å². The number of benzene rings is 2. The highest BCUT2D eigenvalue weighted by molar-refractivity contribution is 7.80. The van der Waals surface area contributed by atoms with Gasteiger partial charge in [0, 0.05) is 30.8 Å². The van der Waals surface area contributed by atoms with Crippen molar-refractivity contribution in [1.29, 1.82) is 0 Å². The second-order valence-corrected chi connectivity index (χ2v) is 7.18. The van der Waals surface area contributed by atoms with Crippen molar-refractivity contribution in [3.8, 4) is 11.4 Å². The van der Waals surface area contributed by atoms with Crippen LogP contribution in [0, 0.1) is 0 Å². The Hall–Kier alpha value is -2.73. The van der Waals surface area contributed by atoms with E-state index >= 15 is 0 Å². The van der Waals surface area contributed by atoms with Crippen molar-refractivity contribution in [2.45, 2.75) is 38.8 Å². The van der Waals surface area contributed by atoms with E-state index in [4.69, 9.17) is 12.2 Å². The molecule has 6 heteroatoms. The summed E-state index contributed by atoms with van der Waals surface area (Å²) in [6.07, 6.45) is 4.68. The first-order chi connectivity index (χ1) is 13.3. The van der Waals surface area contributed by atoms with Crippen LogP contribution in [-0.4, -0.2) is 19.9 Å². The van der Waals surface area contributed by atoms with Crippen LogP contribution in [0.25, 0.3) is 11.4 Å². The molecule has 2 N–H and O–H groups in total. The number of fused-ring (bicyclic) bond motifs is 1. The van der Waals surface area contributed by atoms with E-state index in [1.165, 1.54) is 24.8 Å². The molecule has 0 atom stereocenters. The van der Waals surface area contributed by atoms with Crippen LogP contribution < -0.4 is 10.6 Å². The molecule has 3 aromatic rings. The smallest absolute Gasteiger partial charge is 0.171 e. The SMILES string of the molecule is S=C(NCc1ccccc1)Nc1ccc(-c2nnc3n2CCCCC3)cc1. The summed E-state index contributed by atoms with van der Waals surface area (Å²) < 4.78 is 2.27. The Morgan fingerprint density at radius 2 is 1.78 bits per heavy atom. The van der Waals surface area contributed by atoms with Crippen molar-refractivity contribution in [2.24, 2.45) is 0 Å². The van der Waals surface area contributed by atoms with E-state index in [-0.39, 0.29) is 0 Å². The van der Waals surface area contributed by atoms with Crippen LogP contribution in [0.1, 0.15) is 30.7 Å². The fourth-order valence-corrected chi connectivity index (χ4v) is 3.54. The van der Waals surface area contributed by atoms with Crippen molar-refractivity contribution in [1.82, 2.24) is 20.1 Å². The maximum atomic E-state index is 5.39. The predicted octanol–water partition coefficient (Wildman–Crippen LogP) is 4.16. The summed E-state index contributed by atoms with van der Waals surface area (Å²) in [7, 11) is 0. The Labute approximate surface area is 164 Å². The van der Waals surface area contributed by atoms with Crippen molar-refractivity contribution in [3.63, 3.8) is 0 Å². The zero-order valence-electron chi connectivity index (χ0n) is 15.2. The number of nitrogens with zero attached hydrogens (tertiary/aromatic N) is 3. The zero-order valence-corrected chi connectivity index (χ0v) is 16.0. The van der Waals surface area contributed by atoms with E-state index < -0.39 is 0 Å². The van der Waals surface area contributed by atoms with Gasteiger partial charge in [-0.15, -0.1) is 10.2 Å². The first-order valence-electron chi connectivity index (χ1n) is 9.41. The topological polar surface area (TPSA) is 54.8 Å². The van der Waals surface area contributed by atoms with Gasteiger partial charge < -0.3 is 15.2 Å². The fourth-order valence-electron chi connectivity index (χ4n) is 3.35. The van der Waals surface area contributed by atoms with Crippen LogP contribution in [0.2, 0.25) is 0 Å². The van der Waals surface area contributed by atoms with Crippen LogP contribution in [0.3, 0.4) is 0 Å². The lowest BCUT2D eigenvalue weighted by Gasteiger charge is -2.11. The summed E-state index contributed by atoms with van der Waals surface area (Å²) in [6, 6.07) is 18.4. The van der Waals surface area contributed by atoms with Crippen LogP contribution in [-0.2, 0) is 19.5 Å². The van der Waals surface area contributed by atoms with Crippen molar-refractivity contribution < 1.29 is 0 Å². The Bertz CT molecular complexity index is 902. The van der Waals surface area contributed by atoms with Gasteiger partial charge in [-0.1, -0.05) is 36.8 Å². The van der Waals surface area contributed by atoms with Crippen molar-refractivity contribution in [2.75, 3.05) is 5.32 Å². The molecule has 1 aromatic heterocycles. The van der Waals surface area contributed by atoms with Gasteiger partial charge in [0.25, 0.3) is 0 Å². The average molecular weight is 378 g/mol. The summed E-state index contributed by atoms with van der Waals surface area (Å²) in [5.41, 5.74) is 3.24. The number of thiocarbonyl (C=S) groups is 1. The minimum atomic E-state index is 0.614. The summed E-state index contributed by atoms with van der Waals surface area (Å²) in [5, 5.41) is 15.9. The molecule has 0 saturated heterocycles. The molecule has 2 heterocycles. The Morgan fingerprint density at radius 3 is 2.59 bits per heavy atom. The molecule has 0 bridgehead atoms. The number of anilines is 1. The van der Waals surface area contributed by atoms with E-state index in [1.54, 1.807) is 0 Å². The van der Waals surface area contributed by atoms with E-state index in [9.17, 15) is 0 Å². The summed E-state index contributed by atoms with van der Waals surface area (Å²) >= 11 is 5.39. The predicted molar refractivity (Wildman–Crippen MR) is 113 cm³/mol. The molecule has 138 valence electrons. The monoisotopic (exact) mass is 377 g/mol. The normalized spacial score (nSPS) is 13.5. The van der Waals surface area contributed by atoms with E-state index in [2.05, 4.69) is 49.7 Å². The van der Waals surface area contributed by atoms with Gasteiger partial charge >= 0.3 is 0 Å². The third kappa shape index (κ3) is 4.34. The lowest BCUT2D eigenvalue weighted by Crippen LogP contribution is -2.27. The molecule has 5 nitrogen and oxygen atoms in total. The minimum absolute atomic E-state index is 0.614. The van der Waals surface area contributed by atoms with Crippen LogP contribution in [0.15, 0.2) is 54.6 Å². The lowest BCUT2D eigenvalue weighted by atomic mass is 10.2. The quantitative estimate of drug-likeness (QED) is 0.669. The highest BCUT2D eigenvalue weighted by Gasteiger charge is 2.15. The maximum absolute atomic E-state index is 5.39. The number of aromatic nitrogens is 3. The van der Waals surface area contributed by atoms with Gasteiger partial charge in [-0.25, -0.2) is 0 Å². The molecule has 2 aromatic carbocycles. The zero-order chi connectivity index (χ0) is 18.5. The highest BCUT2D eigenvalue weighted by Crippen LogP contribution is 2.24. The number of hydrogen-bond donors (Lipinski definition) is 2. The lowest BCUT2D eigenvalue weighted by molar-refractivity contribution is 0.636. The summed E-state index contributed by atoms with van der Waals surface area (Å²) in [5.74, 6) is 2.07. The van der Waals surface area contributed by atoms with Crippen molar-refractivity contribution in [3.05, 3.63) is 66.0 Å². The third-order valence-electron chi connectivity index (χ3n) is 4.81. The molecule has 27 heavy (non-hydrogen) atoms. The molecule has 4 rings (SSSR count). The molecular weight excluding hydrogens is 354 g/mol. The van der Waals surface area contributed by atoms with Gasteiger partial charge in [-0.05, 0) is 54.9 Å². The van der Waals surface area contributed by atoms with Gasteiger partial charge in [-0.2, -0.15) is 0 Å². The standard InChI is InChI=1S/C21H23N5S/c27-21(22-15-16-7-3-1-4-8-16)23-18-12-10-17(11-13-18)20-25-24-19-9-5-2-6-14-26(19)20/h1,3-4,7-8,10-13H,2,5-6,9,14-15H2,(H2,22,23,27). The molecule has 0 aliphatic carbocycles. The molecule has 0 saturated carbocycles. The van der Waals surface area contributed by atoms with Crippen LogP contribution in [0.4, 0.5) is 5.69 Å². The summed E-state index contributed by atoms with van der Waals surface area (Å²) in [6.45, 7) is 1.71. The maximum Gasteiger partial charge on any atom is 0.171 e. The number of aryl methyl sites for hydroxylation is 1. The molecule has 0 unspecified atom stereocenters. The highest BCUT2D eigenvalue weighted by atomic mass is 32.1. The number of hydrogen-bond acceptors (Lipinski definition) is 3. The first-order valence-corrected chi connectivity index (χ1v) is 9.82. The van der Waals surface area contributed by atoms with Gasteiger partial charge in [0.05, 0.1) is 0 Å². The molecule has 0 radical (unpaired) electrons. The van der Waals surface area contributed by atoms with E-state index in [0.29, 0.717) is 11.7 Å². The van der Waals surface area contributed by atoms with Crippen LogP contribution in [0.5, 0.6) is 0 Å². The van der Waals surface area contributed by atoms with E-state index in [1.807, 2.05) is 30.3 Å². The second-order valence-electron chi connectivity index (χ2n) is 6.77. The summed E-state index contributed by atoms with van der Waals surface area (Å²) in [4.78, 5) is 0. The Balaban J connectivity index is 1.39. The molecule has 1 aliphatic heterocycles. The van der Waals surface area contributed by atoms with Crippen molar-refractivity contribution >= 4 is 23.0 Å². The average Bonchev–Trinajstić information content (AvgIpc) is 2.96. The van der Waals surface area contributed by atoms with Gasteiger partial charge in [0.2, 0.25) is 0 Å². The van der Waals surface area contributed by atoms with Crippen LogP contribution >= 0.6 is 12.2 Å². The minimum Gasteiger partial charge on any atom is -0.358 e. The first kappa shape index (κ1) is 17.7. The Kier molecular flexibility index (Phi) is 5.44. The molecular formula is C21H23N5S. The second kappa shape index (κ2) is 8.31. The Morgan fingerprint density at radius 1 is 0.963 bits per heavy atom. The van der Waals surface area contributed by atoms with Gasteiger partial charge in [0.15, 0.2) is 10.9 Å². The third-order valence-corrected chi connectivity index (χ3v) is 5.05. The van der Waals surface area contributed by atoms with Gasteiger partial charge in [0.1, 0.15) is 5.82 Å². The largest absolute Gasteiger partial charge is 0.358 e. The molecule has 0 fully saturated rings. The molecule has 0 spiro atoms. The number of nitrogens with one attached hydrogen (secondary N) is 2. The molecule has 1 aliphatic rings. The van der Waals surface area contributed by atoms with Gasteiger partial charge in [-0.3, -0.25) is 0 Å². The fraction of sp³-hybridized carbons (Fsp3) is 0.286.